The number of hydrogen-bond acceptors (Lipinski definition) is 5. The smallest absolute Gasteiger partial charge is 0.270 e. The molecule has 2 atom stereocenters. The topological polar surface area (TPSA) is 79.4 Å². The quantitative estimate of drug-likeness (QED) is 0.778. The van der Waals surface area contributed by atoms with Gasteiger partial charge in [-0.1, -0.05) is 19.4 Å². The van der Waals surface area contributed by atoms with Crippen LogP contribution < -0.4 is 5.32 Å². The molecule has 1 aliphatic rings. The van der Waals surface area contributed by atoms with E-state index in [0.29, 0.717) is 24.7 Å². The van der Waals surface area contributed by atoms with Crippen LogP contribution in [0.5, 0.6) is 0 Å². The highest BCUT2D eigenvalue weighted by molar-refractivity contribution is 7.90. The van der Waals surface area contributed by atoms with Crippen LogP contribution in [0.15, 0.2) is 24.4 Å². The summed E-state index contributed by atoms with van der Waals surface area (Å²) in [5.41, 5.74) is 0.414. The van der Waals surface area contributed by atoms with Gasteiger partial charge in [0.25, 0.3) is 5.91 Å². The molecule has 1 fully saturated rings. The summed E-state index contributed by atoms with van der Waals surface area (Å²) in [6, 6.07) is 5.31. The molecule has 1 aromatic rings. The molecule has 1 saturated heterocycles. The second-order valence-electron chi connectivity index (χ2n) is 6.23. The Kier molecular flexibility index (Phi) is 8.12. The Morgan fingerprint density at radius 2 is 2.12 bits per heavy atom. The lowest BCUT2D eigenvalue weighted by Gasteiger charge is -2.19. The van der Waals surface area contributed by atoms with E-state index in [1.165, 1.54) is 6.26 Å². The molecule has 6 nitrogen and oxygen atoms in total. The fourth-order valence-corrected chi connectivity index (χ4v) is 3.59. The first-order valence-electron chi connectivity index (χ1n) is 8.01. The van der Waals surface area contributed by atoms with E-state index in [2.05, 4.69) is 22.1 Å². The van der Waals surface area contributed by atoms with Gasteiger partial charge in [-0.25, -0.2) is 8.42 Å². The van der Waals surface area contributed by atoms with E-state index in [0.717, 1.165) is 19.4 Å². The number of amides is 1. The summed E-state index contributed by atoms with van der Waals surface area (Å²) in [7, 11) is -2.96. The Bertz CT molecular complexity index is 625. The monoisotopic (exact) mass is 375 g/mol. The second-order valence-corrected chi connectivity index (χ2v) is 8.49. The maximum absolute atomic E-state index is 12.3. The number of aromatic nitrogens is 1. The largest absolute Gasteiger partial charge is 0.346 e. The van der Waals surface area contributed by atoms with Gasteiger partial charge in [-0.15, -0.1) is 12.4 Å². The third kappa shape index (κ3) is 6.37. The van der Waals surface area contributed by atoms with Crippen molar-refractivity contribution in [1.29, 1.82) is 0 Å². The lowest BCUT2D eigenvalue weighted by atomic mass is 9.98. The molecule has 8 heteroatoms. The summed E-state index contributed by atoms with van der Waals surface area (Å²) < 4.78 is 22.7. The van der Waals surface area contributed by atoms with Crippen molar-refractivity contribution in [3.8, 4) is 0 Å². The molecule has 2 heterocycles. The summed E-state index contributed by atoms with van der Waals surface area (Å²) in [5.74, 6) is 0.348. The van der Waals surface area contributed by atoms with Crippen molar-refractivity contribution >= 4 is 28.2 Å². The summed E-state index contributed by atoms with van der Waals surface area (Å²) in [4.78, 5) is 18.5. The zero-order chi connectivity index (χ0) is 16.9. The zero-order valence-electron chi connectivity index (χ0n) is 14.1. The fourth-order valence-electron chi connectivity index (χ4n) is 3.00. The van der Waals surface area contributed by atoms with Gasteiger partial charge in [0, 0.05) is 38.1 Å². The molecule has 0 unspecified atom stereocenters. The van der Waals surface area contributed by atoms with Gasteiger partial charge < -0.3 is 5.32 Å². The lowest BCUT2D eigenvalue weighted by Crippen LogP contribution is -2.41. The highest BCUT2D eigenvalue weighted by atomic mass is 35.5. The minimum atomic E-state index is -2.96. The van der Waals surface area contributed by atoms with Crippen molar-refractivity contribution in [2.75, 3.05) is 31.6 Å². The fraction of sp³-hybridized carbons (Fsp3) is 0.625. The molecule has 0 spiro atoms. The van der Waals surface area contributed by atoms with E-state index in [9.17, 15) is 13.2 Å². The van der Waals surface area contributed by atoms with Crippen molar-refractivity contribution in [3.05, 3.63) is 30.1 Å². The first-order chi connectivity index (χ1) is 10.9. The Hall–Kier alpha value is -1.18. The number of carbonyl (C=O) groups excluding carboxylic acids is 1. The van der Waals surface area contributed by atoms with Crippen LogP contribution in [0.2, 0.25) is 0 Å². The number of hydrogen-bond donors (Lipinski definition) is 1. The van der Waals surface area contributed by atoms with Crippen LogP contribution in [0.1, 0.15) is 30.3 Å². The van der Waals surface area contributed by atoms with Gasteiger partial charge in [0.1, 0.15) is 15.5 Å². The standard InChI is InChI=1S/C16H25N3O3S.ClH/c1-3-6-13-11-19(9-10-23(2,21)22)12-15(13)18-16(20)14-7-4-5-8-17-14;/h4-5,7-8,13,15H,3,6,9-12H2,1-2H3,(H,18,20);1H/t13-,15-;/m0./s1. The number of rotatable bonds is 7. The molecular weight excluding hydrogens is 350 g/mol. The number of pyridine rings is 1. The number of likely N-dealkylation sites (tertiary alicyclic amines) is 1. The first kappa shape index (κ1) is 20.9. The predicted molar refractivity (Wildman–Crippen MR) is 97.3 cm³/mol. The number of nitrogens with zero attached hydrogens (tertiary/aromatic N) is 2. The highest BCUT2D eigenvalue weighted by Gasteiger charge is 2.33. The molecule has 2 rings (SSSR count). The van der Waals surface area contributed by atoms with Crippen LogP contribution in [0.3, 0.4) is 0 Å². The Labute approximate surface area is 150 Å². The molecular formula is C16H26ClN3O3S. The molecule has 0 aliphatic carbocycles. The number of halogens is 1. The summed E-state index contributed by atoms with van der Waals surface area (Å²) in [5, 5.41) is 3.06. The van der Waals surface area contributed by atoms with E-state index >= 15 is 0 Å². The van der Waals surface area contributed by atoms with E-state index < -0.39 is 9.84 Å². The number of nitrogens with one attached hydrogen (secondary N) is 1. The van der Waals surface area contributed by atoms with Crippen molar-refractivity contribution < 1.29 is 13.2 Å². The van der Waals surface area contributed by atoms with Crippen molar-refractivity contribution in [1.82, 2.24) is 15.2 Å². The number of carbonyl (C=O) groups is 1. The van der Waals surface area contributed by atoms with E-state index in [4.69, 9.17) is 0 Å². The molecule has 24 heavy (non-hydrogen) atoms. The summed E-state index contributed by atoms with van der Waals surface area (Å²) >= 11 is 0. The zero-order valence-corrected chi connectivity index (χ0v) is 15.8. The maximum atomic E-state index is 12.3. The van der Waals surface area contributed by atoms with Gasteiger partial charge in [-0.3, -0.25) is 14.7 Å². The minimum Gasteiger partial charge on any atom is -0.346 e. The Morgan fingerprint density at radius 3 is 2.71 bits per heavy atom. The third-order valence-electron chi connectivity index (χ3n) is 4.17. The lowest BCUT2D eigenvalue weighted by molar-refractivity contribution is 0.0924. The maximum Gasteiger partial charge on any atom is 0.270 e. The van der Waals surface area contributed by atoms with Crippen LogP contribution in [-0.4, -0.2) is 61.9 Å². The molecule has 1 aliphatic heterocycles. The summed E-state index contributed by atoms with van der Waals surface area (Å²) in [6.45, 7) is 4.17. The van der Waals surface area contributed by atoms with Crippen molar-refractivity contribution in [2.45, 2.75) is 25.8 Å². The van der Waals surface area contributed by atoms with Gasteiger partial charge in [0.15, 0.2) is 0 Å². The molecule has 0 radical (unpaired) electrons. The highest BCUT2D eigenvalue weighted by Crippen LogP contribution is 2.22. The summed E-state index contributed by atoms with van der Waals surface area (Å²) in [6.07, 6.45) is 4.92. The molecule has 136 valence electrons. The Balaban J connectivity index is 0.00000288. The molecule has 0 saturated carbocycles. The molecule has 1 N–H and O–H groups in total. The van der Waals surface area contributed by atoms with Gasteiger partial charge in [-0.05, 0) is 24.5 Å². The van der Waals surface area contributed by atoms with E-state index in [1.54, 1.807) is 24.4 Å². The molecule has 0 aromatic carbocycles. The van der Waals surface area contributed by atoms with Crippen molar-refractivity contribution in [3.63, 3.8) is 0 Å². The van der Waals surface area contributed by atoms with Crippen LogP contribution >= 0.6 is 12.4 Å². The Morgan fingerprint density at radius 1 is 1.38 bits per heavy atom. The molecule has 0 bridgehead atoms. The molecule has 1 amide bonds. The first-order valence-corrected chi connectivity index (χ1v) is 10.1. The van der Waals surface area contributed by atoms with E-state index in [-0.39, 0.29) is 30.1 Å². The average Bonchev–Trinajstić information content (AvgIpc) is 2.88. The van der Waals surface area contributed by atoms with Crippen LogP contribution in [0.4, 0.5) is 0 Å². The average molecular weight is 376 g/mol. The molecule has 1 aromatic heterocycles. The SMILES string of the molecule is CCC[C@H]1CN(CCS(C)(=O)=O)C[C@@H]1NC(=O)c1ccccn1.Cl. The van der Waals surface area contributed by atoms with Crippen molar-refractivity contribution in [2.24, 2.45) is 5.92 Å². The van der Waals surface area contributed by atoms with E-state index in [1.807, 2.05) is 0 Å². The van der Waals surface area contributed by atoms with Crippen LogP contribution in [0.25, 0.3) is 0 Å². The number of sulfone groups is 1. The minimum absolute atomic E-state index is 0. The van der Waals surface area contributed by atoms with Gasteiger partial charge >= 0.3 is 0 Å². The second kappa shape index (κ2) is 9.34. The van der Waals surface area contributed by atoms with Crippen LogP contribution in [-0.2, 0) is 9.84 Å². The normalized spacial score (nSPS) is 21.2. The van der Waals surface area contributed by atoms with Gasteiger partial charge in [0.2, 0.25) is 0 Å². The predicted octanol–water partition coefficient (Wildman–Crippen LogP) is 1.38. The van der Waals surface area contributed by atoms with Gasteiger partial charge in [0.05, 0.1) is 5.75 Å². The van der Waals surface area contributed by atoms with Gasteiger partial charge in [-0.2, -0.15) is 0 Å². The van der Waals surface area contributed by atoms with Crippen LogP contribution in [0, 0.1) is 5.92 Å². The third-order valence-corrected chi connectivity index (χ3v) is 5.09.